The number of nitrogens with zero attached hydrogens (tertiary/aromatic N) is 1. The molecule has 168 valence electrons. The van der Waals surface area contributed by atoms with Crippen molar-refractivity contribution in [2.24, 2.45) is 0 Å². The molecular formula is C25H20FNO6. The third-order valence-corrected chi connectivity index (χ3v) is 5.42. The Balaban J connectivity index is 1.93. The SMILES string of the molecule is COc1ccc(/C(O)=C2/C(=O)C(=O)N(c3ccc(F)cc3)C2c2ccc(O)cc2)cc1OC. The van der Waals surface area contributed by atoms with Crippen LogP contribution in [-0.2, 0) is 9.59 Å². The molecule has 2 N–H and O–H groups in total. The number of anilines is 1. The monoisotopic (exact) mass is 449 g/mol. The van der Waals surface area contributed by atoms with Crippen molar-refractivity contribution in [2.75, 3.05) is 19.1 Å². The molecule has 1 aliphatic rings. The number of rotatable bonds is 5. The van der Waals surface area contributed by atoms with E-state index in [1.807, 2.05) is 0 Å². The number of hydrogen-bond acceptors (Lipinski definition) is 6. The summed E-state index contributed by atoms with van der Waals surface area (Å²) in [6.07, 6.45) is 0. The van der Waals surface area contributed by atoms with Gasteiger partial charge in [0.25, 0.3) is 11.7 Å². The second-order valence-electron chi connectivity index (χ2n) is 7.31. The number of ether oxygens (including phenoxy) is 2. The van der Waals surface area contributed by atoms with Crippen LogP contribution >= 0.6 is 0 Å². The molecule has 1 unspecified atom stereocenters. The first kappa shape index (κ1) is 21.9. The Hall–Kier alpha value is -4.33. The average molecular weight is 449 g/mol. The number of carbonyl (C=O) groups is 2. The van der Waals surface area contributed by atoms with Crippen LogP contribution < -0.4 is 14.4 Å². The molecule has 0 aliphatic carbocycles. The molecule has 1 atom stereocenters. The molecule has 3 aromatic carbocycles. The van der Waals surface area contributed by atoms with Gasteiger partial charge in [-0.1, -0.05) is 12.1 Å². The smallest absolute Gasteiger partial charge is 0.300 e. The molecule has 3 aromatic rings. The van der Waals surface area contributed by atoms with E-state index in [1.54, 1.807) is 18.2 Å². The van der Waals surface area contributed by atoms with Crippen molar-refractivity contribution in [2.45, 2.75) is 6.04 Å². The van der Waals surface area contributed by atoms with Crippen LogP contribution in [0.2, 0.25) is 0 Å². The van der Waals surface area contributed by atoms with Crippen molar-refractivity contribution in [3.05, 3.63) is 89.2 Å². The normalized spacial score (nSPS) is 17.3. The van der Waals surface area contributed by atoms with E-state index in [9.17, 15) is 24.2 Å². The van der Waals surface area contributed by atoms with E-state index >= 15 is 0 Å². The van der Waals surface area contributed by atoms with E-state index < -0.39 is 29.3 Å². The van der Waals surface area contributed by atoms with Crippen molar-refractivity contribution in [3.8, 4) is 17.2 Å². The van der Waals surface area contributed by atoms with Crippen molar-refractivity contribution in [1.82, 2.24) is 0 Å². The van der Waals surface area contributed by atoms with E-state index in [-0.39, 0.29) is 22.6 Å². The number of aliphatic hydroxyl groups excluding tert-OH is 1. The minimum absolute atomic E-state index is 0.00243. The van der Waals surface area contributed by atoms with E-state index in [1.165, 1.54) is 67.7 Å². The lowest BCUT2D eigenvalue weighted by molar-refractivity contribution is -0.132. The molecule has 0 saturated carbocycles. The van der Waals surface area contributed by atoms with Gasteiger partial charge in [-0.25, -0.2) is 4.39 Å². The topological polar surface area (TPSA) is 96.3 Å². The summed E-state index contributed by atoms with van der Waals surface area (Å²) in [6, 6.07) is 14.6. The molecule has 33 heavy (non-hydrogen) atoms. The Labute approximate surface area is 188 Å². The van der Waals surface area contributed by atoms with Gasteiger partial charge in [0.05, 0.1) is 25.8 Å². The fourth-order valence-electron chi connectivity index (χ4n) is 3.81. The standard InChI is InChI=1S/C25H20FNO6/c1-32-19-12-5-15(13-20(19)33-2)23(29)21-22(14-3-10-18(28)11-4-14)27(25(31)24(21)30)17-8-6-16(26)7-9-17/h3-13,22,28-29H,1-2H3/b23-21-. The molecule has 7 nitrogen and oxygen atoms in total. The molecule has 1 fully saturated rings. The number of aliphatic hydroxyl groups is 1. The number of Topliss-reactive ketones (excluding diaryl/α,β-unsaturated/α-hetero) is 1. The van der Waals surface area contributed by atoms with Crippen LogP contribution in [0.25, 0.3) is 5.76 Å². The highest BCUT2D eigenvalue weighted by Crippen LogP contribution is 2.43. The maximum absolute atomic E-state index is 13.5. The van der Waals surface area contributed by atoms with Gasteiger partial charge in [-0.3, -0.25) is 14.5 Å². The van der Waals surface area contributed by atoms with Crippen LogP contribution in [-0.4, -0.2) is 36.1 Å². The Bertz CT molecular complexity index is 1250. The summed E-state index contributed by atoms with van der Waals surface area (Å²) in [5.74, 6) is -1.92. The van der Waals surface area contributed by atoms with Gasteiger partial charge in [-0.2, -0.15) is 0 Å². The fraction of sp³-hybridized carbons (Fsp3) is 0.120. The molecule has 0 spiro atoms. The van der Waals surface area contributed by atoms with Crippen LogP contribution in [0.1, 0.15) is 17.2 Å². The van der Waals surface area contributed by atoms with Crippen molar-refractivity contribution in [3.63, 3.8) is 0 Å². The molecule has 1 heterocycles. The molecule has 1 aliphatic heterocycles. The number of aromatic hydroxyl groups is 1. The van der Waals surface area contributed by atoms with Gasteiger partial charge in [0.15, 0.2) is 11.5 Å². The van der Waals surface area contributed by atoms with Gasteiger partial charge in [0.2, 0.25) is 0 Å². The Morgan fingerprint density at radius 2 is 1.55 bits per heavy atom. The van der Waals surface area contributed by atoms with Gasteiger partial charge in [-0.15, -0.1) is 0 Å². The van der Waals surface area contributed by atoms with Crippen molar-refractivity contribution in [1.29, 1.82) is 0 Å². The summed E-state index contributed by atoms with van der Waals surface area (Å²) in [4.78, 5) is 27.4. The minimum Gasteiger partial charge on any atom is -0.508 e. The van der Waals surface area contributed by atoms with Gasteiger partial charge in [0.1, 0.15) is 17.3 Å². The van der Waals surface area contributed by atoms with Crippen LogP contribution in [0.3, 0.4) is 0 Å². The zero-order valence-corrected chi connectivity index (χ0v) is 17.8. The Morgan fingerprint density at radius 1 is 0.909 bits per heavy atom. The highest BCUT2D eigenvalue weighted by Gasteiger charge is 2.47. The summed E-state index contributed by atoms with van der Waals surface area (Å²) in [6.45, 7) is 0. The van der Waals surface area contributed by atoms with E-state index in [4.69, 9.17) is 9.47 Å². The fourth-order valence-corrected chi connectivity index (χ4v) is 3.81. The quantitative estimate of drug-likeness (QED) is 0.345. The minimum atomic E-state index is -1.01. The number of methoxy groups -OCH3 is 2. The lowest BCUT2D eigenvalue weighted by Gasteiger charge is -2.25. The number of amides is 1. The van der Waals surface area contributed by atoms with Gasteiger partial charge in [-0.05, 0) is 60.2 Å². The van der Waals surface area contributed by atoms with Crippen molar-refractivity contribution < 1.29 is 33.7 Å². The molecule has 0 radical (unpaired) electrons. The maximum Gasteiger partial charge on any atom is 0.300 e. The zero-order valence-electron chi connectivity index (χ0n) is 17.8. The molecule has 1 saturated heterocycles. The van der Waals surface area contributed by atoms with E-state index in [0.717, 1.165) is 0 Å². The maximum atomic E-state index is 13.5. The number of carbonyl (C=O) groups excluding carboxylic acids is 2. The van der Waals surface area contributed by atoms with Gasteiger partial charge >= 0.3 is 0 Å². The highest BCUT2D eigenvalue weighted by molar-refractivity contribution is 6.51. The average Bonchev–Trinajstić information content (AvgIpc) is 3.09. The van der Waals surface area contributed by atoms with Crippen molar-refractivity contribution >= 4 is 23.1 Å². The molecule has 0 aromatic heterocycles. The van der Waals surface area contributed by atoms with Crippen LogP contribution in [0.4, 0.5) is 10.1 Å². The zero-order chi connectivity index (χ0) is 23.7. The summed E-state index contributed by atoms with van der Waals surface area (Å²) >= 11 is 0. The summed E-state index contributed by atoms with van der Waals surface area (Å²) in [5.41, 5.74) is 0.844. The van der Waals surface area contributed by atoms with Crippen LogP contribution in [0.15, 0.2) is 72.3 Å². The molecular weight excluding hydrogens is 429 g/mol. The van der Waals surface area contributed by atoms with Crippen LogP contribution in [0, 0.1) is 5.82 Å². The predicted molar refractivity (Wildman–Crippen MR) is 119 cm³/mol. The molecule has 1 amide bonds. The number of phenolic OH excluding ortho intramolecular Hbond substituents is 1. The summed E-state index contributed by atoms with van der Waals surface area (Å²) < 4.78 is 24.0. The number of hydrogen-bond donors (Lipinski definition) is 2. The second-order valence-corrected chi connectivity index (χ2v) is 7.31. The third kappa shape index (κ3) is 3.87. The largest absolute Gasteiger partial charge is 0.508 e. The first-order valence-electron chi connectivity index (χ1n) is 9.93. The van der Waals surface area contributed by atoms with Gasteiger partial charge in [0, 0.05) is 11.3 Å². The third-order valence-electron chi connectivity index (χ3n) is 5.42. The van der Waals surface area contributed by atoms with Crippen LogP contribution in [0.5, 0.6) is 17.2 Å². The second kappa shape index (κ2) is 8.66. The lowest BCUT2D eigenvalue weighted by Crippen LogP contribution is -2.29. The number of halogens is 1. The van der Waals surface area contributed by atoms with Gasteiger partial charge < -0.3 is 19.7 Å². The number of benzene rings is 3. The van der Waals surface area contributed by atoms with E-state index in [0.29, 0.717) is 17.1 Å². The molecule has 4 rings (SSSR count). The first-order valence-corrected chi connectivity index (χ1v) is 9.93. The van der Waals surface area contributed by atoms with E-state index in [2.05, 4.69) is 0 Å². The first-order chi connectivity index (χ1) is 15.8. The molecule has 8 heteroatoms. The summed E-state index contributed by atoms with van der Waals surface area (Å²) in [7, 11) is 2.90. The Kier molecular flexibility index (Phi) is 5.74. The molecule has 0 bridgehead atoms. The predicted octanol–water partition coefficient (Wildman–Crippen LogP) is 4.17. The number of phenols is 1. The lowest BCUT2D eigenvalue weighted by atomic mass is 9.95. The Morgan fingerprint density at radius 3 is 2.15 bits per heavy atom. The highest BCUT2D eigenvalue weighted by atomic mass is 19.1. The number of ketones is 1. The summed E-state index contributed by atoms with van der Waals surface area (Å²) in [5, 5.41) is 20.9.